The second-order valence-electron chi connectivity index (χ2n) is 16.0. The monoisotopic (exact) mass is 710 g/mol. The molecule has 0 aliphatic carbocycles. The van der Waals surface area contributed by atoms with Crippen molar-refractivity contribution >= 4 is 5.91 Å². The van der Waals surface area contributed by atoms with Crippen LogP contribution in [0.15, 0.2) is 0 Å². The Kier molecular flexibility index (Phi) is 40.6. The number of unbranched alkanes of at least 4 members (excludes halogenated alkanes) is 33. The molecule has 0 aliphatic rings. The number of nitrogens with one attached hydrogen (secondary N) is 1. The molecule has 0 heterocycles. The molecule has 300 valence electrons. The molecule has 0 rings (SSSR count). The normalized spacial score (nSPS) is 13.5. The summed E-state index contributed by atoms with van der Waals surface area (Å²) in [5.74, 6) is -0.278. The van der Waals surface area contributed by atoms with E-state index in [4.69, 9.17) is 0 Å². The molecule has 0 bridgehead atoms. The van der Waals surface area contributed by atoms with E-state index >= 15 is 0 Å². The van der Waals surface area contributed by atoms with Crippen molar-refractivity contribution in [1.82, 2.24) is 5.32 Å². The second-order valence-corrected chi connectivity index (χ2v) is 16.0. The van der Waals surface area contributed by atoms with E-state index in [1.807, 2.05) is 0 Å². The number of aliphatic hydroxyl groups excluding tert-OH is 3. The van der Waals surface area contributed by atoms with Crippen LogP contribution >= 0.6 is 0 Å². The minimum Gasteiger partial charge on any atom is -0.394 e. The first-order valence-electron chi connectivity index (χ1n) is 22.8. The highest BCUT2D eigenvalue weighted by molar-refractivity contribution is 5.76. The van der Waals surface area contributed by atoms with Gasteiger partial charge >= 0.3 is 0 Å². The largest absolute Gasteiger partial charge is 0.394 e. The summed E-state index contributed by atoms with van der Waals surface area (Å²) in [6.45, 7) is 4.28. The number of hydrogen-bond donors (Lipinski definition) is 4. The van der Waals surface area contributed by atoms with E-state index in [0.717, 1.165) is 25.7 Å². The molecule has 3 unspecified atom stereocenters. The summed E-state index contributed by atoms with van der Waals surface area (Å²) >= 11 is 0. The van der Waals surface area contributed by atoms with Crippen molar-refractivity contribution in [1.29, 1.82) is 0 Å². The van der Waals surface area contributed by atoms with E-state index < -0.39 is 18.2 Å². The molecule has 0 spiro atoms. The predicted octanol–water partition coefficient (Wildman–Crippen LogP) is 13.0. The highest BCUT2D eigenvalue weighted by Gasteiger charge is 2.21. The molecule has 0 saturated heterocycles. The Morgan fingerprint density at radius 2 is 0.680 bits per heavy atom. The van der Waals surface area contributed by atoms with Crippen molar-refractivity contribution in [2.45, 2.75) is 276 Å². The SMILES string of the molecule is CCCCCCCCCCCCCCCCCCCCCCC(O)CC(=O)NC(CO)C(O)CCCCCCCCCCCCCCCCC. The summed E-state index contributed by atoms with van der Waals surface area (Å²) in [5, 5.41) is 33.4. The maximum absolute atomic E-state index is 12.5. The molecular weight excluding hydrogens is 618 g/mol. The molecule has 0 aromatic heterocycles. The molecule has 1 amide bonds. The molecular formula is C45H91NO4. The van der Waals surface area contributed by atoms with Crippen molar-refractivity contribution in [2.24, 2.45) is 0 Å². The number of rotatable bonds is 42. The minimum absolute atomic E-state index is 0.0430. The van der Waals surface area contributed by atoms with E-state index in [9.17, 15) is 20.1 Å². The molecule has 0 fully saturated rings. The van der Waals surface area contributed by atoms with Gasteiger partial charge in [0.15, 0.2) is 0 Å². The van der Waals surface area contributed by atoms with Crippen molar-refractivity contribution in [3.05, 3.63) is 0 Å². The van der Waals surface area contributed by atoms with Crippen LogP contribution in [-0.4, -0.2) is 46.1 Å². The lowest BCUT2D eigenvalue weighted by Gasteiger charge is -2.23. The van der Waals surface area contributed by atoms with Gasteiger partial charge in [-0.1, -0.05) is 239 Å². The van der Waals surface area contributed by atoms with Gasteiger partial charge in [-0.3, -0.25) is 4.79 Å². The third-order valence-electron chi connectivity index (χ3n) is 10.9. The molecule has 0 aliphatic heterocycles. The van der Waals surface area contributed by atoms with Gasteiger partial charge in [0.1, 0.15) is 0 Å². The molecule has 3 atom stereocenters. The van der Waals surface area contributed by atoms with Gasteiger partial charge in [0.05, 0.1) is 31.3 Å². The summed E-state index contributed by atoms with van der Waals surface area (Å²) in [6.07, 6.45) is 46.4. The Balaban J connectivity index is 3.55. The summed E-state index contributed by atoms with van der Waals surface area (Å²) in [6, 6.07) is -0.652. The van der Waals surface area contributed by atoms with Crippen LogP contribution in [0.25, 0.3) is 0 Å². The van der Waals surface area contributed by atoms with Gasteiger partial charge in [0.2, 0.25) is 5.91 Å². The summed E-state index contributed by atoms with van der Waals surface area (Å²) in [4.78, 5) is 12.5. The lowest BCUT2D eigenvalue weighted by Crippen LogP contribution is -2.46. The summed E-state index contributed by atoms with van der Waals surface area (Å²) < 4.78 is 0. The van der Waals surface area contributed by atoms with Crippen LogP contribution in [0.4, 0.5) is 0 Å². The first-order chi connectivity index (χ1) is 24.5. The Morgan fingerprint density at radius 1 is 0.420 bits per heavy atom. The van der Waals surface area contributed by atoms with E-state index in [2.05, 4.69) is 19.2 Å². The number of hydrogen-bond acceptors (Lipinski definition) is 4. The van der Waals surface area contributed by atoms with E-state index in [-0.39, 0.29) is 18.9 Å². The molecule has 0 radical (unpaired) electrons. The summed E-state index contributed by atoms with van der Waals surface area (Å²) in [5.41, 5.74) is 0. The van der Waals surface area contributed by atoms with E-state index in [0.29, 0.717) is 12.8 Å². The highest BCUT2D eigenvalue weighted by Crippen LogP contribution is 2.17. The van der Waals surface area contributed by atoms with Gasteiger partial charge in [-0.15, -0.1) is 0 Å². The number of aliphatic hydroxyl groups is 3. The molecule has 50 heavy (non-hydrogen) atoms. The van der Waals surface area contributed by atoms with Gasteiger partial charge in [-0.05, 0) is 12.8 Å². The molecule has 5 heteroatoms. The van der Waals surface area contributed by atoms with Crippen molar-refractivity contribution in [2.75, 3.05) is 6.61 Å². The first kappa shape index (κ1) is 49.4. The quantitative estimate of drug-likeness (QED) is 0.0475. The predicted molar refractivity (Wildman–Crippen MR) is 218 cm³/mol. The van der Waals surface area contributed by atoms with Gasteiger partial charge in [0.25, 0.3) is 0 Å². The second kappa shape index (κ2) is 41.1. The van der Waals surface area contributed by atoms with E-state index in [1.54, 1.807) is 0 Å². The maximum atomic E-state index is 12.5. The van der Waals surface area contributed by atoms with Crippen LogP contribution in [0.5, 0.6) is 0 Å². The molecule has 0 saturated carbocycles. The third kappa shape index (κ3) is 37.1. The minimum atomic E-state index is -0.743. The van der Waals surface area contributed by atoms with E-state index in [1.165, 1.54) is 199 Å². The van der Waals surface area contributed by atoms with Gasteiger partial charge < -0.3 is 20.6 Å². The lowest BCUT2D eigenvalue weighted by molar-refractivity contribution is -0.125. The van der Waals surface area contributed by atoms with Crippen LogP contribution < -0.4 is 5.32 Å². The lowest BCUT2D eigenvalue weighted by atomic mass is 10.0. The molecule has 0 aromatic carbocycles. The number of carbonyl (C=O) groups is 1. The Labute approximate surface area is 313 Å². The fourth-order valence-corrected chi connectivity index (χ4v) is 7.41. The third-order valence-corrected chi connectivity index (χ3v) is 10.9. The fourth-order valence-electron chi connectivity index (χ4n) is 7.41. The smallest absolute Gasteiger partial charge is 0.222 e. The molecule has 4 N–H and O–H groups in total. The zero-order chi connectivity index (χ0) is 36.6. The van der Waals surface area contributed by atoms with Crippen molar-refractivity contribution in [3.8, 4) is 0 Å². The zero-order valence-corrected chi connectivity index (χ0v) is 34.1. The Morgan fingerprint density at radius 3 is 0.960 bits per heavy atom. The van der Waals surface area contributed by atoms with Crippen LogP contribution in [0.3, 0.4) is 0 Å². The Hall–Kier alpha value is -0.650. The van der Waals surface area contributed by atoms with Crippen LogP contribution in [0.2, 0.25) is 0 Å². The fraction of sp³-hybridized carbons (Fsp3) is 0.978. The van der Waals surface area contributed by atoms with Crippen LogP contribution in [0, 0.1) is 0 Å². The summed E-state index contributed by atoms with van der Waals surface area (Å²) in [7, 11) is 0. The maximum Gasteiger partial charge on any atom is 0.222 e. The molecule has 5 nitrogen and oxygen atoms in total. The number of amides is 1. The van der Waals surface area contributed by atoms with Crippen molar-refractivity contribution < 1.29 is 20.1 Å². The Bertz CT molecular complexity index is 659. The van der Waals surface area contributed by atoms with Gasteiger partial charge in [0, 0.05) is 0 Å². The average molecular weight is 710 g/mol. The van der Waals surface area contributed by atoms with Crippen LogP contribution in [-0.2, 0) is 4.79 Å². The van der Waals surface area contributed by atoms with Crippen LogP contribution in [0.1, 0.15) is 258 Å². The van der Waals surface area contributed by atoms with Gasteiger partial charge in [-0.25, -0.2) is 0 Å². The standard InChI is InChI=1S/C45H91NO4/c1-3-5-7-9-11-13-15-17-19-20-21-22-23-25-26-28-30-32-34-36-38-42(48)40-45(50)46-43(41-47)44(49)39-37-35-33-31-29-27-24-18-16-14-12-10-8-6-4-2/h42-44,47-49H,3-41H2,1-2H3,(H,46,50). The molecule has 0 aromatic rings. The first-order valence-corrected chi connectivity index (χ1v) is 22.8. The average Bonchev–Trinajstić information content (AvgIpc) is 3.11. The number of carbonyl (C=O) groups excluding carboxylic acids is 1. The van der Waals surface area contributed by atoms with Crippen molar-refractivity contribution in [3.63, 3.8) is 0 Å². The topological polar surface area (TPSA) is 89.8 Å². The van der Waals surface area contributed by atoms with Gasteiger partial charge in [-0.2, -0.15) is 0 Å². The highest BCUT2D eigenvalue weighted by atomic mass is 16.3. The zero-order valence-electron chi connectivity index (χ0n) is 34.1.